The fraction of sp³-hybridized carbons (Fsp3) is 0.400. The summed E-state index contributed by atoms with van der Waals surface area (Å²) in [5, 5.41) is 4.57. The predicted octanol–water partition coefficient (Wildman–Crippen LogP) is 1.20. The van der Waals surface area contributed by atoms with Crippen molar-refractivity contribution in [1.29, 1.82) is 0 Å². The van der Waals surface area contributed by atoms with Crippen molar-refractivity contribution < 1.29 is 23.3 Å². The van der Waals surface area contributed by atoms with Crippen LogP contribution in [-0.2, 0) is 20.3 Å². The molecule has 0 aliphatic carbocycles. The van der Waals surface area contributed by atoms with Crippen molar-refractivity contribution in [3.8, 4) is 0 Å². The standard InChI is InChI=1S/C15H20N2O5S/c1-9(2)16-15(20)17-13(18)10(3)22-14(19)11-7-5-6-8-12(11)23(4)21/h5-10H,1-4H3,(H2,16,17,18,20)/t10-,23-/m1/s1. The molecule has 0 aliphatic heterocycles. The molecule has 0 radical (unpaired) electrons. The third-order valence-corrected chi connectivity index (χ3v) is 3.70. The molecule has 0 spiro atoms. The fourth-order valence-electron chi connectivity index (χ4n) is 1.68. The van der Waals surface area contributed by atoms with Crippen LogP contribution in [0.3, 0.4) is 0 Å². The van der Waals surface area contributed by atoms with Gasteiger partial charge in [-0.15, -0.1) is 0 Å². The predicted molar refractivity (Wildman–Crippen MR) is 85.5 cm³/mol. The van der Waals surface area contributed by atoms with Gasteiger partial charge in [-0.1, -0.05) is 12.1 Å². The number of ether oxygens (including phenoxy) is 1. The molecule has 1 aromatic carbocycles. The molecule has 0 bridgehead atoms. The Morgan fingerprint density at radius 2 is 1.74 bits per heavy atom. The average molecular weight is 340 g/mol. The third-order valence-electron chi connectivity index (χ3n) is 2.73. The Hall–Kier alpha value is -2.22. The van der Waals surface area contributed by atoms with Gasteiger partial charge >= 0.3 is 12.0 Å². The normalized spacial score (nSPS) is 13.1. The Labute approximate surface area is 137 Å². The summed E-state index contributed by atoms with van der Waals surface area (Å²) in [6.45, 7) is 4.84. The van der Waals surface area contributed by atoms with E-state index in [0.29, 0.717) is 4.90 Å². The van der Waals surface area contributed by atoms with Crippen molar-refractivity contribution in [2.24, 2.45) is 0 Å². The lowest BCUT2D eigenvalue weighted by Gasteiger charge is -2.15. The smallest absolute Gasteiger partial charge is 0.340 e. The second-order valence-corrected chi connectivity index (χ2v) is 6.46. The first-order valence-corrected chi connectivity index (χ1v) is 8.53. The maximum atomic E-state index is 12.1. The molecule has 3 amide bonds. The number of hydrogen-bond donors (Lipinski definition) is 2. The number of imide groups is 1. The number of esters is 1. The molecule has 0 heterocycles. The van der Waals surface area contributed by atoms with Crippen LogP contribution in [0.5, 0.6) is 0 Å². The highest BCUT2D eigenvalue weighted by atomic mass is 32.2. The minimum atomic E-state index is -1.37. The Kier molecular flexibility index (Phi) is 6.89. The lowest BCUT2D eigenvalue weighted by atomic mass is 10.2. The molecule has 0 aromatic heterocycles. The molecule has 0 unspecified atom stereocenters. The number of carbonyl (C=O) groups is 3. The van der Waals surface area contributed by atoms with Gasteiger partial charge in [-0.05, 0) is 32.9 Å². The van der Waals surface area contributed by atoms with Crippen molar-refractivity contribution in [2.75, 3.05) is 6.26 Å². The van der Waals surface area contributed by atoms with Crippen LogP contribution in [0.1, 0.15) is 31.1 Å². The van der Waals surface area contributed by atoms with E-state index in [9.17, 15) is 18.6 Å². The van der Waals surface area contributed by atoms with E-state index in [4.69, 9.17) is 4.74 Å². The van der Waals surface area contributed by atoms with Crippen LogP contribution >= 0.6 is 0 Å². The molecule has 0 saturated heterocycles. The molecule has 1 rings (SSSR count). The summed E-state index contributed by atoms with van der Waals surface area (Å²) in [6.07, 6.45) is 0.275. The van der Waals surface area contributed by atoms with E-state index in [0.717, 1.165) is 0 Å². The van der Waals surface area contributed by atoms with E-state index in [1.165, 1.54) is 19.2 Å². The molecular weight excluding hydrogens is 320 g/mol. The van der Waals surface area contributed by atoms with Crippen LogP contribution in [-0.4, -0.2) is 40.5 Å². The van der Waals surface area contributed by atoms with Gasteiger partial charge in [-0.25, -0.2) is 9.59 Å². The number of rotatable bonds is 5. The zero-order valence-corrected chi connectivity index (χ0v) is 14.2. The van der Waals surface area contributed by atoms with Gasteiger partial charge in [-0.3, -0.25) is 14.3 Å². The van der Waals surface area contributed by atoms with Crippen molar-refractivity contribution in [3.05, 3.63) is 29.8 Å². The second kappa shape index (κ2) is 8.42. The quantitative estimate of drug-likeness (QED) is 0.784. The maximum Gasteiger partial charge on any atom is 0.340 e. The fourth-order valence-corrected chi connectivity index (χ4v) is 2.41. The average Bonchev–Trinajstić information content (AvgIpc) is 2.45. The van der Waals surface area contributed by atoms with E-state index in [-0.39, 0.29) is 11.6 Å². The Balaban J connectivity index is 2.72. The highest BCUT2D eigenvalue weighted by Crippen LogP contribution is 2.14. The van der Waals surface area contributed by atoms with Crippen LogP contribution in [0.4, 0.5) is 4.79 Å². The van der Waals surface area contributed by atoms with E-state index >= 15 is 0 Å². The third kappa shape index (κ3) is 5.82. The molecule has 2 N–H and O–H groups in total. The zero-order valence-electron chi connectivity index (χ0n) is 13.4. The lowest BCUT2D eigenvalue weighted by molar-refractivity contribution is -0.127. The summed E-state index contributed by atoms with van der Waals surface area (Å²) in [7, 11) is -1.37. The van der Waals surface area contributed by atoms with Crippen LogP contribution in [0.2, 0.25) is 0 Å². The number of urea groups is 1. The van der Waals surface area contributed by atoms with Crippen molar-refractivity contribution in [1.82, 2.24) is 10.6 Å². The SMILES string of the molecule is CC(C)NC(=O)NC(=O)[C@@H](C)OC(=O)c1ccccc1[S@@](C)=O. The summed E-state index contributed by atoms with van der Waals surface area (Å²) in [6, 6.07) is 5.48. The van der Waals surface area contributed by atoms with Gasteiger partial charge in [-0.2, -0.15) is 0 Å². The first-order chi connectivity index (χ1) is 10.7. The summed E-state index contributed by atoms with van der Waals surface area (Å²) >= 11 is 0. The molecule has 23 heavy (non-hydrogen) atoms. The van der Waals surface area contributed by atoms with Crippen LogP contribution in [0, 0.1) is 0 Å². The zero-order chi connectivity index (χ0) is 17.6. The summed E-state index contributed by atoms with van der Waals surface area (Å²) in [5.74, 6) is -1.52. The summed E-state index contributed by atoms with van der Waals surface area (Å²) in [4.78, 5) is 35.7. The second-order valence-electron chi connectivity index (χ2n) is 5.12. The topological polar surface area (TPSA) is 102 Å². The molecule has 1 aromatic rings. The van der Waals surface area contributed by atoms with Crippen LogP contribution < -0.4 is 10.6 Å². The van der Waals surface area contributed by atoms with Crippen molar-refractivity contribution in [2.45, 2.75) is 37.8 Å². The van der Waals surface area contributed by atoms with Gasteiger partial charge in [0.1, 0.15) is 0 Å². The van der Waals surface area contributed by atoms with E-state index in [1.54, 1.807) is 32.0 Å². The Bertz CT molecular complexity index is 630. The summed E-state index contributed by atoms with van der Waals surface area (Å²) < 4.78 is 16.6. The molecule has 2 atom stereocenters. The molecule has 0 saturated carbocycles. The molecule has 8 heteroatoms. The highest BCUT2D eigenvalue weighted by Gasteiger charge is 2.23. The minimum Gasteiger partial charge on any atom is -0.449 e. The van der Waals surface area contributed by atoms with Gasteiger partial charge in [0.25, 0.3) is 5.91 Å². The largest absolute Gasteiger partial charge is 0.449 e. The highest BCUT2D eigenvalue weighted by molar-refractivity contribution is 7.84. The monoisotopic (exact) mass is 340 g/mol. The number of nitrogens with one attached hydrogen (secondary N) is 2. The number of carbonyl (C=O) groups excluding carboxylic acids is 3. The Morgan fingerprint density at radius 1 is 1.13 bits per heavy atom. The number of hydrogen-bond acceptors (Lipinski definition) is 5. The van der Waals surface area contributed by atoms with Crippen molar-refractivity contribution >= 4 is 28.7 Å². The van der Waals surface area contributed by atoms with Gasteiger partial charge in [0.2, 0.25) is 0 Å². The molecule has 126 valence electrons. The summed E-state index contributed by atoms with van der Waals surface area (Å²) in [5.41, 5.74) is 0.125. The van der Waals surface area contributed by atoms with Crippen LogP contribution in [0.25, 0.3) is 0 Å². The first kappa shape index (κ1) is 18.8. The molecular formula is C15H20N2O5S. The van der Waals surface area contributed by atoms with E-state index in [2.05, 4.69) is 10.6 Å². The first-order valence-electron chi connectivity index (χ1n) is 6.97. The van der Waals surface area contributed by atoms with Gasteiger partial charge in [0.05, 0.1) is 21.3 Å². The molecule has 0 aliphatic rings. The number of amides is 3. The maximum absolute atomic E-state index is 12.1. The van der Waals surface area contributed by atoms with E-state index < -0.39 is 34.8 Å². The van der Waals surface area contributed by atoms with E-state index in [1.807, 2.05) is 0 Å². The number of benzene rings is 1. The minimum absolute atomic E-state index is 0.125. The van der Waals surface area contributed by atoms with Crippen LogP contribution in [0.15, 0.2) is 29.2 Å². The van der Waals surface area contributed by atoms with Gasteiger partial charge in [0, 0.05) is 12.3 Å². The van der Waals surface area contributed by atoms with Gasteiger partial charge < -0.3 is 10.1 Å². The molecule has 0 fully saturated rings. The lowest BCUT2D eigenvalue weighted by Crippen LogP contribution is -2.46. The molecule has 7 nitrogen and oxygen atoms in total. The van der Waals surface area contributed by atoms with Crippen molar-refractivity contribution in [3.63, 3.8) is 0 Å². The van der Waals surface area contributed by atoms with Gasteiger partial charge in [0.15, 0.2) is 6.10 Å². The Morgan fingerprint density at radius 3 is 2.30 bits per heavy atom.